The molecule has 3 rings (SSSR count). The van der Waals surface area contributed by atoms with Crippen molar-refractivity contribution in [3.8, 4) is 5.75 Å². The first-order chi connectivity index (χ1) is 13.1. The summed E-state index contributed by atoms with van der Waals surface area (Å²) in [7, 11) is 0. The highest BCUT2D eigenvalue weighted by Crippen LogP contribution is 2.30. The third-order valence-corrected chi connectivity index (χ3v) is 4.85. The molecule has 0 radical (unpaired) electrons. The number of thioether (sulfide) groups is 1. The predicted octanol–water partition coefficient (Wildman–Crippen LogP) is 5.06. The number of ether oxygens (including phenoxy) is 1. The molecule has 0 spiro atoms. The smallest absolute Gasteiger partial charge is 0.283 e. The Hall–Kier alpha value is -2.79. The van der Waals surface area contributed by atoms with Crippen molar-refractivity contribution < 1.29 is 9.53 Å². The van der Waals surface area contributed by atoms with E-state index in [1.807, 2.05) is 68.5 Å². The number of aryl methyl sites for hydroxylation is 1. The minimum absolute atomic E-state index is 0.124. The third-order valence-electron chi connectivity index (χ3n) is 3.91. The van der Waals surface area contributed by atoms with Crippen molar-refractivity contribution in [3.63, 3.8) is 0 Å². The van der Waals surface area contributed by atoms with Gasteiger partial charge in [-0.2, -0.15) is 0 Å². The zero-order valence-corrected chi connectivity index (χ0v) is 16.3. The molecule has 0 unspecified atom stereocenters. The second-order valence-corrected chi connectivity index (χ2v) is 6.99. The molecule has 0 saturated carbocycles. The Morgan fingerprint density at radius 2 is 2.00 bits per heavy atom. The van der Waals surface area contributed by atoms with Crippen LogP contribution in [0.3, 0.4) is 0 Å². The van der Waals surface area contributed by atoms with Crippen LogP contribution in [0.5, 0.6) is 5.75 Å². The van der Waals surface area contributed by atoms with Gasteiger partial charge in [0.25, 0.3) is 5.91 Å². The summed E-state index contributed by atoms with van der Waals surface area (Å²) in [5, 5.41) is 0.669. The lowest BCUT2D eigenvalue weighted by molar-refractivity contribution is -0.113. The van der Waals surface area contributed by atoms with Gasteiger partial charge < -0.3 is 4.74 Å². The number of aliphatic imine (C=N–C) groups is 1. The Morgan fingerprint density at radius 1 is 1.22 bits per heavy atom. The van der Waals surface area contributed by atoms with E-state index in [1.165, 1.54) is 11.8 Å². The standard InChI is InChI=1S/C22H22N2O2S/c1-4-13-27-22-23-20(15-17-9-11-19(12-10-17)26-5-2)21(25)24(22)18-8-6-7-16(3)14-18/h4,6-12,14-15H,1,5,13H2,2-3H3. The highest BCUT2D eigenvalue weighted by Gasteiger charge is 2.31. The maximum Gasteiger partial charge on any atom is 0.283 e. The van der Waals surface area contributed by atoms with E-state index in [2.05, 4.69) is 11.6 Å². The minimum atomic E-state index is -0.124. The van der Waals surface area contributed by atoms with Crippen molar-refractivity contribution in [2.24, 2.45) is 4.99 Å². The molecule has 1 aliphatic heterocycles. The summed E-state index contributed by atoms with van der Waals surface area (Å²) < 4.78 is 5.46. The molecule has 138 valence electrons. The number of carbonyl (C=O) groups excluding carboxylic acids is 1. The van der Waals surface area contributed by atoms with E-state index in [0.29, 0.717) is 23.2 Å². The summed E-state index contributed by atoms with van der Waals surface area (Å²) in [5.41, 5.74) is 3.25. The maximum atomic E-state index is 13.0. The first-order valence-electron chi connectivity index (χ1n) is 8.80. The number of nitrogens with zero attached hydrogens (tertiary/aromatic N) is 2. The zero-order valence-electron chi connectivity index (χ0n) is 15.5. The van der Waals surface area contributed by atoms with E-state index in [4.69, 9.17) is 4.74 Å². The Kier molecular flexibility index (Phi) is 6.14. The van der Waals surface area contributed by atoms with E-state index < -0.39 is 0 Å². The van der Waals surface area contributed by atoms with Crippen LogP contribution in [0.1, 0.15) is 18.1 Å². The number of amides is 1. The highest BCUT2D eigenvalue weighted by molar-refractivity contribution is 8.14. The van der Waals surface area contributed by atoms with E-state index in [1.54, 1.807) is 11.0 Å². The SMILES string of the molecule is C=CCSC1=NC(=Cc2ccc(OCC)cc2)C(=O)N1c1cccc(C)c1. The van der Waals surface area contributed by atoms with E-state index in [9.17, 15) is 4.79 Å². The summed E-state index contributed by atoms with van der Waals surface area (Å²) in [6.45, 7) is 8.34. The molecule has 5 heteroatoms. The van der Waals surface area contributed by atoms with Crippen LogP contribution in [0.25, 0.3) is 6.08 Å². The van der Waals surface area contributed by atoms with Crippen molar-refractivity contribution in [3.05, 3.63) is 78.0 Å². The lowest BCUT2D eigenvalue weighted by Gasteiger charge is -2.17. The van der Waals surface area contributed by atoms with Crippen LogP contribution in [0.15, 0.2) is 71.9 Å². The topological polar surface area (TPSA) is 41.9 Å². The zero-order chi connectivity index (χ0) is 19.2. The Balaban J connectivity index is 1.92. The lowest BCUT2D eigenvalue weighted by atomic mass is 10.1. The van der Waals surface area contributed by atoms with Gasteiger partial charge in [-0.15, -0.1) is 6.58 Å². The molecule has 2 aromatic rings. The largest absolute Gasteiger partial charge is 0.494 e. The number of hydrogen-bond donors (Lipinski definition) is 0. The minimum Gasteiger partial charge on any atom is -0.494 e. The molecule has 0 fully saturated rings. The molecule has 2 aromatic carbocycles. The highest BCUT2D eigenvalue weighted by atomic mass is 32.2. The molecule has 0 aromatic heterocycles. The molecule has 1 amide bonds. The van der Waals surface area contributed by atoms with Crippen molar-refractivity contribution in [2.45, 2.75) is 13.8 Å². The van der Waals surface area contributed by atoms with Crippen molar-refractivity contribution in [1.82, 2.24) is 0 Å². The maximum absolute atomic E-state index is 13.0. The third kappa shape index (κ3) is 4.49. The van der Waals surface area contributed by atoms with Gasteiger partial charge in [-0.25, -0.2) is 4.99 Å². The molecule has 0 bridgehead atoms. The molecule has 0 atom stereocenters. The molecule has 4 nitrogen and oxygen atoms in total. The molecule has 0 aliphatic carbocycles. The fourth-order valence-corrected chi connectivity index (χ4v) is 3.45. The van der Waals surface area contributed by atoms with Crippen LogP contribution in [-0.2, 0) is 4.79 Å². The number of benzene rings is 2. The van der Waals surface area contributed by atoms with Gasteiger partial charge in [0.1, 0.15) is 11.4 Å². The van der Waals surface area contributed by atoms with E-state index in [-0.39, 0.29) is 5.91 Å². The number of hydrogen-bond acceptors (Lipinski definition) is 4. The van der Waals surface area contributed by atoms with Crippen LogP contribution in [0.4, 0.5) is 5.69 Å². The molecular weight excluding hydrogens is 356 g/mol. The summed E-state index contributed by atoms with van der Waals surface area (Å²) in [5.74, 6) is 1.37. The molecule has 1 aliphatic rings. The number of amidine groups is 1. The molecular formula is C22H22N2O2S. The first kappa shape index (κ1) is 19.0. The second kappa shape index (κ2) is 8.73. The molecule has 0 N–H and O–H groups in total. The average Bonchev–Trinajstić information content (AvgIpc) is 2.97. The van der Waals surface area contributed by atoms with Crippen LogP contribution < -0.4 is 9.64 Å². The fraction of sp³-hybridized carbons (Fsp3) is 0.182. The Bertz CT molecular complexity index is 901. The van der Waals surface area contributed by atoms with Gasteiger partial charge in [-0.05, 0) is 55.3 Å². The monoisotopic (exact) mass is 378 g/mol. The molecule has 1 heterocycles. The Morgan fingerprint density at radius 3 is 2.67 bits per heavy atom. The summed E-state index contributed by atoms with van der Waals surface area (Å²) >= 11 is 1.50. The summed E-state index contributed by atoms with van der Waals surface area (Å²) in [6, 6.07) is 15.5. The van der Waals surface area contributed by atoms with Crippen LogP contribution >= 0.6 is 11.8 Å². The average molecular weight is 378 g/mol. The predicted molar refractivity (Wildman–Crippen MR) is 114 cm³/mol. The van der Waals surface area contributed by atoms with Gasteiger partial charge in [0.2, 0.25) is 0 Å². The van der Waals surface area contributed by atoms with Gasteiger partial charge in [-0.1, -0.05) is 42.1 Å². The van der Waals surface area contributed by atoms with Gasteiger partial charge in [0, 0.05) is 5.75 Å². The first-order valence-corrected chi connectivity index (χ1v) is 9.79. The van der Waals surface area contributed by atoms with Crippen LogP contribution in [-0.4, -0.2) is 23.4 Å². The quantitative estimate of drug-likeness (QED) is 0.521. The summed E-state index contributed by atoms with van der Waals surface area (Å²) in [6.07, 6.45) is 3.61. The number of carbonyl (C=O) groups is 1. The summed E-state index contributed by atoms with van der Waals surface area (Å²) in [4.78, 5) is 19.3. The number of rotatable bonds is 6. The normalized spacial score (nSPS) is 15.2. The van der Waals surface area contributed by atoms with E-state index in [0.717, 1.165) is 22.6 Å². The fourth-order valence-electron chi connectivity index (χ4n) is 2.71. The number of anilines is 1. The van der Waals surface area contributed by atoms with Gasteiger partial charge >= 0.3 is 0 Å². The molecule has 0 saturated heterocycles. The van der Waals surface area contributed by atoms with Crippen molar-refractivity contribution in [2.75, 3.05) is 17.3 Å². The lowest BCUT2D eigenvalue weighted by Crippen LogP contribution is -2.30. The second-order valence-electron chi connectivity index (χ2n) is 6.01. The van der Waals surface area contributed by atoms with E-state index >= 15 is 0 Å². The van der Waals surface area contributed by atoms with Crippen LogP contribution in [0.2, 0.25) is 0 Å². The molecule has 27 heavy (non-hydrogen) atoms. The van der Waals surface area contributed by atoms with Crippen LogP contribution in [0, 0.1) is 6.92 Å². The van der Waals surface area contributed by atoms with Crippen molar-refractivity contribution >= 4 is 34.6 Å². The van der Waals surface area contributed by atoms with Gasteiger partial charge in [0.15, 0.2) is 5.17 Å². The van der Waals surface area contributed by atoms with Gasteiger partial charge in [-0.3, -0.25) is 9.69 Å². The van der Waals surface area contributed by atoms with Gasteiger partial charge in [0.05, 0.1) is 12.3 Å². The van der Waals surface area contributed by atoms with Crippen molar-refractivity contribution in [1.29, 1.82) is 0 Å². The Labute approximate surface area is 164 Å².